The molecule has 2 aromatic rings. The lowest BCUT2D eigenvalue weighted by Gasteiger charge is -2.29. The molecule has 2 aliphatic rings. The van der Waals surface area contributed by atoms with Crippen molar-refractivity contribution in [2.45, 2.75) is 19.4 Å². The number of furan rings is 1. The lowest BCUT2D eigenvalue weighted by Crippen LogP contribution is -2.41. The molecule has 2 aromatic heterocycles. The molecule has 24 heavy (non-hydrogen) atoms. The third kappa shape index (κ3) is 2.69. The second-order valence-electron chi connectivity index (χ2n) is 6.68. The number of hydrogen-bond donors (Lipinski definition) is 1. The molecule has 0 aromatic carbocycles. The number of carboxylic acids is 1. The van der Waals surface area contributed by atoms with Gasteiger partial charge in [-0.1, -0.05) is 11.3 Å². The number of aromatic nitrogens is 2. The standard InChI is InChI=1S/C16H20N4O3S/c21-14(22)16-4-2-5-19(9-13-3-1-6-23-13)7-12(16)8-20(10-16)15-18-17-11-24-15/h1,3,6,11-12H,2,4-5,7-10H2,(H,21,22)/t12-,16-/m0/s1. The zero-order valence-corrected chi connectivity index (χ0v) is 14.1. The van der Waals surface area contributed by atoms with Gasteiger partial charge in [-0.2, -0.15) is 0 Å². The van der Waals surface area contributed by atoms with E-state index >= 15 is 0 Å². The van der Waals surface area contributed by atoms with Crippen LogP contribution in [0.25, 0.3) is 0 Å². The van der Waals surface area contributed by atoms with E-state index in [1.165, 1.54) is 11.3 Å². The predicted molar refractivity (Wildman–Crippen MR) is 88.9 cm³/mol. The highest BCUT2D eigenvalue weighted by molar-refractivity contribution is 7.13. The minimum atomic E-state index is -0.691. The molecule has 2 atom stereocenters. The van der Waals surface area contributed by atoms with Gasteiger partial charge in [0.15, 0.2) is 0 Å². The highest BCUT2D eigenvalue weighted by Gasteiger charge is 2.53. The summed E-state index contributed by atoms with van der Waals surface area (Å²) >= 11 is 1.47. The average molecular weight is 348 g/mol. The van der Waals surface area contributed by atoms with Gasteiger partial charge in [0.2, 0.25) is 5.13 Å². The third-order valence-corrected chi connectivity index (χ3v) is 6.03. The number of hydrogen-bond acceptors (Lipinski definition) is 7. The Kier molecular flexibility index (Phi) is 4.01. The van der Waals surface area contributed by atoms with Crippen LogP contribution in [0, 0.1) is 11.3 Å². The predicted octanol–water partition coefficient (Wildman–Crippen LogP) is 1.93. The molecule has 1 N–H and O–H groups in total. The number of anilines is 1. The maximum atomic E-state index is 12.2. The lowest BCUT2D eigenvalue weighted by atomic mass is 9.75. The summed E-state index contributed by atoms with van der Waals surface area (Å²) in [5.74, 6) is 0.326. The van der Waals surface area contributed by atoms with Gasteiger partial charge in [-0.3, -0.25) is 9.69 Å². The highest BCUT2D eigenvalue weighted by atomic mass is 32.1. The summed E-state index contributed by atoms with van der Waals surface area (Å²) < 4.78 is 5.46. The topological polar surface area (TPSA) is 82.7 Å². The van der Waals surface area contributed by atoms with Crippen LogP contribution in [-0.4, -0.2) is 52.4 Å². The summed E-state index contributed by atoms with van der Waals surface area (Å²) in [5, 5.41) is 18.8. The van der Waals surface area contributed by atoms with Crippen molar-refractivity contribution >= 4 is 22.4 Å². The van der Waals surface area contributed by atoms with E-state index in [1.54, 1.807) is 11.8 Å². The van der Waals surface area contributed by atoms with E-state index in [0.717, 1.165) is 43.5 Å². The molecule has 0 saturated carbocycles. The molecule has 0 unspecified atom stereocenters. The van der Waals surface area contributed by atoms with Crippen LogP contribution in [0.3, 0.4) is 0 Å². The van der Waals surface area contributed by atoms with Gasteiger partial charge >= 0.3 is 5.97 Å². The normalized spacial score (nSPS) is 27.8. The molecule has 0 radical (unpaired) electrons. The summed E-state index contributed by atoms with van der Waals surface area (Å²) in [6.07, 6.45) is 3.27. The minimum absolute atomic E-state index is 0.0800. The third-order valence-electron chi connectivity index (χ3n) is 5.28. The van der Waals surface area contributed by atoms with Gasteiger partial charge in [-0.15, -0.1) is 10.2 Å². The molecule has 8 heteroatoms. The number of carboxylic acid groups (broad SMARTS) is 1. The first-order valence-corrected chi connectivity index (χ1v) is 9.04. The molecule has 0 aliphatic carbocycles. The molecule has 2 aliphatic heterocycles. The van der Waals surface area contributed by atoms with Gasteiger partial charge in [0.25, 0.3) is 0 Å². The van der Waals surface area contributed by atoms with E-state index in [9.17, 15) is 9.90 Å². The molecule has 0 bridgehead atoms. The van der Waals surface area contributed by atoms with Gasteiger partial charge in [0.1, 0.15) is 11.3 Å². The largest absolute Gasteiger partial charge is 0.481 e. The molecule has 4 heterocycles. The van der Waals surface area contributed by atoms with Crippen molar-refractivity contribution in [3.63, 3.8) is 0 Å². The summed E-state index contributed by atoms with van der Waals surface area (Å²) in [5.41, 5.74) is 1.00. The summed E-state index contributed by atoms with van der Waals surface area (Å²) in [6.45, 7) is 3.65. The lowest BCUT2D eigenvalue weighted by molar-refractivity contribution is -0.150. The Morgan fingerprint density at radius 1 is 1.50 bits per heavy atom. The fourth-order valence-corrected chi connectivity index (χ4v) is 4.65. The van der Waals surface area contributed by atoms with Crippen LogP contribution in [0.5, 0.6) is 0 Å². The zero-order valence-electron chi connectivity index (χ0n) is 13.3. The second kappa shape index (κ2) is 6.18. The molecule has 128 valence electrons. The van der Waals surface area contributed by atoms with Crippen molar-refractivity contribution in [1.29, 1.82) is 0 Å². The zero-order chi connectivity index (χ0) is 16.6. The van der Waals surface area contributed by atoms with Gasteiger partial charge in [-0.25, -0.2) is 0 Å². The quantitative estimate of drug-likeness (QED) is 0.904. The maximum Gasteiger partial charge on any atom is 0.311 e. The molecule has 0 spiro atoms. The monoisotopic (exact) mass is 348 g/mol. The molecule has 7 nitrogen and oxygen atoms in total. The number of fused-ring (bicyclic) bond motifs is 1. The number of nitrogens with zero attached hydrogens (tertiary/aromatic N) is 4. The first-order valence-electron chi connectivity index (χ1n) is 8.17. The van der Waals surface area contributed by atoms with Crippen LogP contribution in [0.1, 0.15) is 18.6 Å². The maximum absolute atomic E-state index is 12.2. The van der Waals surface area contributed by atoms with E-state index in [2.05, 4.69) is 20.0 Å². The van der Waals surface area contributed by atoms with Crippen molar-refractivity contribution in [3.05, 3.63) is 29.7 Å². The van der Waals surface area contributed by atoms with Crippen LogP contribution >= 0.6 is 11.3 Å². The number of carbonyl (C=O) groups is 1. The molecular formula is C16H20N4O3S. The Balaban J connectivity index is 1.56. The summed E-state index contributed by atoms with van der Waals surface area (Å²) in [7, 11) is 0. The van der Waals surface area contributed by atoms with E-state index in [4.69, 9.17) is 4.42 Å². The first-order chi connectivity index (χ1) is 11.7. The Morgan fingerprint density at radius 3 is 3.12 bits per heavy atom. The second-order valence-corrected chi connectivity index (χ2v) is 7.49. The van der Waals surface area contributed by atoms with Crippen molar-refractivity contribution in [2.75, 3.05) is 31.1 Å². The molecule has 2 fully saturated rings. The van der Waals surface area contributed by atoms with E-state index in [-0.39, 0.29) is 5.92 Å². The fraction of sp³-hybridized carbons (Fsp3) is 0.562. The van der Waals surface area contributed by atoms with Crippen molar-refractivity contribution in [3.8, 4) is 0 Å². The number of likely N-dealkylation sites (tertiary alicyclic amines) is 1. The van der Waals surface area contributed by atoms with Gasteiger partial charge in [0.05, 0.1) is 18.2 Å². The van der Waals surface area contributed by atoms with Gasteiger partial charge < -0.3 is 14.4 Å². The highest BCUT2D eigenvalue weighted by Crippen LogP contribution is 2.44. The molecule has 4 rings (SSSR count). The molecular weight excluding hydrogens is 328 g/mol. The van der Waals surface area contributed by atoms with Gasteiger partial charge in [-0.05, 0) is 31.5 Å². The Morgan fingerprint density at radius 2 is 2.42 bits per heavy atom. The van der Waals surface area contributed by atoms with E-state index in [0.29, 0.717) is 13.0 Å². The number of rotatable bonds is 4. The van der Waals surface area contributed by atoms with Crippen molar-refractivity contribution < 1.29 is 14.3 Å². The van der Waals surface area contributed by atoms with Gasteiger partial charge in [0, 0.05) is 25.6 Å². The van der Waals surface area contributed by atoms with Crippen LogP contribution in [-0.2, 0) is 11.3 Å². The molecule has 2 saturated heterocycles. The van der Waals surface area contributed by atoms with Crippen molar-refractivity contribution in [2.24, 2.45) is 11.3 Å². The van der Waals surface area contributed by atoms with Crippen molar-refractivity contribution in [1.82, 2.24) is 15.1 Å². The number of aliphatic carboxylic acids is 1. The van der Waals surface area contributed by atoms with E-state index in [1.807, 2.05) is 12.1 Å². The van der Waals surface area contributed by atoms with E-state index < -0.39 is 11.4 Å². The van der Waals surface area contributed by atoms with Crippen LogP contribution in [0.2, 0.25) is 0 Å². The summed E-state index contributed by atoms with van der Waals surface area (Å²) in [4.78, 5) is 16.6. The van der Waals surface area contributed by atoms with Crippen LogP contribution < -0.4 is 4.90 Å². The Labute approximate surface area is 143 Å². The van der Waals surface area contributed by atoms with Crippen LogP contribution in [0.4, 0.5) is 5.13 Å². The Hall–Kier alpha value is -1.93. The Bertz CT molecular complexity index is 690. The minimum Gasteiger partial charge on any atom is -0.481 e. The summed E-state index contributed by atoms with van der Waals surface area (Å²) in [6, 6.07) is 3.86. The average Bonchev–Trinajstić information content (AvgIpc) is 3.27. The smallest absolute Gasteiger partial charge is 0.311 e. The SMILES string of the molecule is O=C(O)[C@]12CCCN(Cc3ccco3)C[C@H]1CN(c1nncs1)C2. The fourth-order valence-electron chi connectivity index (χ4n) is 4.08. The first kappa shape index (κ1) is 15.6. The van der Waals surface area contributed by atoms with Crippen LogP contribution in [0.15, 0.2) is 28.3 Å². The molecule has 0 amide bonds.